The number of nitrogens with zero attached hydrogens (tertiary/aromatic N) is 2. The van der Waals surface area contributed by atoms with Crippen LogP contribution in [0.3, 0.4) is 0 Å². The largest absolute Gasteiger partial charge is 0.316 e. The highest BCUT2D eigenvalue weighted by molar-refractivity contribution is 7.92. The predicted molar refractivity (Wildman–Crippen MR) is 71.1 cm³/mol. The zero-order valence-corrected chi connectivity index (χ0v) is 11.5. The van der Waals surface area contributed by atoms with Crippen LogP contribution in [0.4, 0.5) is 5.69 Å². The molecule has 0 aliphatic carbocycles. The number of H-pyrrole nitrogens is 1. The minimum atomic E-state index is -3.68. The Morgan fingerprint density at radius 3 is 2.84 bits per heavy atom. The maximum atomic E-state index is 12.3. The van der Waals surface area contributed by atoms with Crippen molar-refractivity contribution in [2.24, 2.45) is 0 Å². The van der Waals surface area contributed by atoms with Crippen LogP contribution in [-0.4, -0.2) is 30.6 Å². The third-order valence-electron chi connectivity index (χ3n) is 2.58. The summed E-state index contributed by atoms with van der Waals surface area (Å²) >= 11 is 0. The fourth-order valence-corrected chi connectivity index (χ4v) is 2.90. The average molecular weight is 281 g/mol. The molecule has 0 amide bonds. The number of aromatic amines is 1. The van der Waals surface area contributed by atoms with Gasteiger partial charge in [0.15, 0.2) is 5.03 Å². The summed E-state index contributed by atoms with van der Waals surface area (Å²) in [5.74, 6) is 0. The van der Waals surface area contributed by atoms with Gasteiger partial charge < -0.3 is 5.32 Å². The van der Waals surface area contributed by atoms with E-state index >= 15 is 0 Å². The van der Waals surface area contributed by atoms with Gasteiger partial charge in [-0.3, -0.25) is 14.8 Å². The minimum absolute atomic E-state index is 0.0677. The van der Waals surface area contributed by atoms with Gasteiger partial charge in [-0.05, 0) is 25.6 Å². The smallest absolute Gasteiger partial charge is 0.279 e. The van der Waals surface area contributed by atoms with Crippen LogP contribution >= 0.6 is 0 Å². The van der Waals surface area contributed by atoms with Crippen molar-refractivity contribution in [1.29, 1.82) is 0 Å². The molecule has 0 aromatic carbocycles. The highest BCUT2D eigenvalue weighted by atomic mass is 32.2. The summed E-state index contributed by atoms with van der Waals surface area (Å²) in [5, 5.41) is 9.25. The maximum absolute atomic E-state index is 12.3. The van der Waals surface area contributed by atoms with Crippen molar-refractivity contribution >= 4 is 15.7 Å². The summed E-state index contributed by atoms with van der Waals surface area (Å²) < 4.78 is 27.1. The van der Waals surface area contributed by atoms with Gasteiger partial charge in [-0.15, -0.1) is 0 Å². The van der Waals surface area contributed by atoms with Gasteiger partial charge in [0.05, 0.1) is 11.9 Å². The van der Waals surface area contributed by atoms with E-state index in [1.165, 1.54) is 12.4 Å². The monoisotopic (exact) mass is 281 g/mol. The van der Waals surface area contributed by atoms with Crippen molar-refractivity contribution < 1.29 is 8.42 Å². The standard InChI is InChI=1S/C11H15N5O2S/c1-8-5-13-4-3-10(8)16-19(17,18)11-9(6-12-2)7-14-15-11/h3-5,7,12H,6H2,1-2H3,(H,13,16)(H,14,15). The van der Waals surface area contributed by atoms with Crippen molar-refractivity contribution in [3.8, 4) is 0 Å². The van der Waals surface area contributed by atoms with Crippen LogP contribution in [0.1, 0.15) is 11.1 Å². The van der Waals surface area contributed by atoms with E-state index in [2.05, 4.69) is 25.2 Å². The molecule has 19 heavy (non-hydrogen) atoms. The molecule has 0 aliphatic heterocycles. The predicted octanol–water partition coefficient (Wildman–Crippen LogP) is 0.633. The molecule has 7 nitrogen and oxygen atoms in total. The number of aromatic nitrogens is 3. The Labute approximate surface area is 111 Å². The molecule has 0 fully saturated rings. The lowest BCUT2D eigenvalue weighted by Crippen LogP contribution is -2.17. The number of anilines is 1. The fraction of sp³-hybridized carbons (Fsp3) is 0.273. The molecule has 0 bridgehead atoms. The number of rotatable bonds is 5. The summed E-state index contributed by atoms with van der Waals surface area (Å²) in [6, 6.07) is 1.61. The molecule has 0 atom stereocenters. The molecule has 0 saturated heterocycles. The number of hydrogen-bond donors (Lipinski definition) is 3. The van der Waals surface area contributed by atoms with Crippen molar-refractivity contribution in [2.75, 3.05) is 11.8 Å². The van der Waals surface area contributed by atoms with Gasteiger partial charge in [-0.2, -0.15) is 13.5 Å². The zero-order valence-electron chi connectivity index (χ0n) is 10.6. The van der Waals surface area contributed by atoms with Crippen molar-refractivity contribution in [1.82, 2.24) is 20.5 Å². The number of sulfonamides is 1. The number of pyridine rings is 1. The lowest BCUT2D eigenvalue weighted by atomic mass is 10.3. The van der Waals surface area contributed by atoms with Gasteiger partial charge in [-0.25, -0.2) is 0 Å². The Morgan fingerprint density at radius 1 is 1.37 bits per heavy atom. The molecule has 102 valence electrons. The maximum Gasteiger partial charge on any atom is 0.279 e. The first-order valence-corrected chi connectivity index (χ1v) is 7.13. The van der Waals surface area contributed by atoms with Crippen molar-refractivity contribution in [3.63, 3.8) is 0 Å². The van der Waals surface area contributed by atoms with Gasteiger partial charge in [0.25, 0.3) is 10.0 Å². The highest BCUT2D eigenvalue weighted by Crippen LogP contribution is 2.19. The lowest BCUT2D eigenvalue weighted by Gasteiger charge is -2.09. The van der Waals surface area contributed by atoms with Gasteiger partial charge in [0, 0.05) is 24.5 Å². The van der Waals surface area contributed by atoms with Gasteiger partial charge in [0.1, 0.15) is 0 Å². The van der Waals surface area contributed by atoms with Crippen LogP contribution in [0, 0.1) is 6.92 Å². The molecule has 0 unspecified atom stereocenters. The van der Waals surface area contributed by atoms with Crippen molar-refractivity contribution in [3.05, 3.63) is 35.8 Å². The highest BCUT2D eigenvalue weighted by Gasteiger charge is 2.21. The van der Waals surface area contributed by atoms with E-state index in [9.17, 15) is 8.42 Å². The minimum Gasteiger partial charge on any atom is -0.316 e. The third-order valence-corrected chi connectivity index (χ3v) is 3.96. The molecule has 0 saturated carbocycles. The Morgan fingerprint density at radius 2 is 2.16 bits per heavy atom. The average Bonchev–Trinajstić information content (AvgIpc) is 2.81. The molecule has 2 heterocycles. The Balaban J connectivity index is 2.33. The Hall–Kier alpha value is -1.93. The van der Waals surface area contributed by atoms with Crippen LogP contribution in [0.5, 0.6) is 0 Å². The zero-order chi connectivity index (χ0) is 13.9. The third kappa shape index (κ3) is 2.91. The molecule has 0 radical (unpaired) electrons. The molecule has 2 aromatic heterocycles. The van der Waals surface area contributed by atoms with E-state index in [1.807, 2.05) is 0 Å². The van der Waals surface area contributed by atoms with E-state index in [-0.39, 0.29) is 5.03 Å². The first-order chi connectivity index (χ1) is 9.04. The van der Waals surface area contributed by atoms with Crippen LogP contribution < -0.4 is 10.0 Å². The van der Waals surface area contributed by atoms with Gasteiger partial charge in [0.2, 0.25) is 0 Å². The topological polar surface area (TPSA) is 99.8 Å². The van der Waals surface area contributed by atoms with E-state index in [0.717, 1.165) is 5.56 Å². The quantitative estimate of drug-likeness (QED) is 0.746. The summed E-state index contributed by atoms with van der Waals surface area (Å²) in [5.41, 5.74) is 1.84. The summed E-state index contributed by atoms with van der Waals surface area (Å²) in [6.07, 6.45) is 4.62. The number of nitrogens with one attached hydrogen (secondary N) is 3. The molecule has 0 aliphatic rings. The lowest BCUT2D eigenvalue weighted by molar-refractivity contribution is 0.595. The molecule has 0 spiro atoms. The second kappa shape index (κ2) is 5.37. The first-order valence-electron chi connectivity index (χ1n) is 5.65. The molecule has 2 aromatic rings. The second-order valence-electron chi connectivity index (χ2n) is 4.05. The SMILES string of the molecule is CNCc1cn[nH]c1S(=O)(=O)Nc1ccncc1C. The molecular weight excluding hydrogens is 266 g/mol. The van der Waals surface area contributed by atoms with Crippen molar-refractivity contribution in [2.45, 2.75) is 18.5 Å². The van der Waals surface area contributed by atoms with Crippen LogP contribution in [0.15, 0.2) is 29.7 Å². The van der Waals surface area contributed by atoms with E-state index in [4.69, 9.17) is 0 Å². The molecule has 3 N–H and O–H groups in total. The van der Waals surface area contributed by atoms with E-state index < -0.39 is 10.0 Å². The second-order valence-corrected chi connectivity index (χ2v) is 5.67. The number of aryl methyl sites for hydroxylation is 1. The Bertz CT molecular complexity index is 665. The molecule has 2 rings (SSSR count). The van der Waals surface area contributed by atoms with Gasteiger partial charge >= 0.3 is 0 Å². The van der Waals surface area contributed by atoms with E-state index in [1.54, 1.807) is 26.2 Å². The Kier molecular flexibility index (Phi) is 3.82. The van der Waals surface area contributed by atoms with Crippen LogP contribution in [-0.2, 0) is 16.6 Å². The van der Waals surface area contributed by atoms with Crippen LogP contribution in [0.2, 0.25) is 0 Å². The van der Waals surface area contributed by atoms with Crippen LogP contribution in [0.25, 0.3) is 0 Å². The summed E-state index contributed by atoms with van der Waals surface area (Å²) in [7, 11) is -1.94. The normalized spacial score (nSPS) is 11.5. The first kappa shape index (κ1) is 13.5. The molecular formula is C11H15N5O2S. The van der Waals surface area contributed by atoms with E-state index in [0.29, 0.717) is 17.8 Å². The number of hydrogen-bond acceptors (Lipinski definition) is 5. The molecule has 8 heteroatoms. The fourth-order valence-electron chi connectivity index (χ4n) is 1.63. The summed E-state index contributed by atoms with van der Waals surface area (Å²) in [6.45, 7) is 2.20. The van der Waals surface area contributed by atoms with Gasteiger partial charge in [-0.1, -0.05) is 0 Å². The summed E-state index contributed by atoms with van der Waals surface area (Å²) in [4.78, 5) is 3.92.